The van der Waals surface area contributed by atoms with E-state index in [4.69, 9.17) is 0 Å². The molecule has 1 fully saturated rings. The summed E-state index contributed by atoms with van der Waals surface area (Å²) in [5.74, 6) is 1.02. The maximum Gasteiger partial charge on any atom is 0.163 e. The Kier molecular flexibility index (Phi) is 6.99. The van der Waals surface area contributed by atoms with Crippen LogP contribution in [0.15, 0.2) is 24.3 Å². The van der Waals surface area contributed by atoms with Gasteiger partial charge in [0.15, 0.2) is 5.78 Å². The van der Waals surface area contributed by atoms with E-state index in [2.05, 4.69) is 19.1 Å². The highest BCUT2D eigenvalue weighted by Crippen LogP contribution is 2.38. The number of ketones is 1. The molecule has 1 aromatic rings. The number of carbonyl (C=O) groups is 1. The van der Waals surface area contributed by atoms with E-state index in [-0.39, 0.29) is 0 Å². The third-order valence-corrected chi connectivity index (χ3v) is 4.81. The first kappa shape index (κ1) is 16.3. The summed E-state index contributed by atoms with van der Waals surface area (Å²) in [5, 5.41) is 0. The molecule has 0 atom stereocenters. The molecule has 0 radical (unpaired) electrons. The minimum absolute atomic E-state index is 0.367. The Morgan fingerprint density at radius 3 is 2.33 bits per heavy atom. The Morgan fingerprint density at radius 1 is 1.00 bits per heavy atom. The first-order valence-electron chi connectivity index (χ1n) is 8.95. The van der Waals surface area contributed by atoms with Crippen LogP contribution in [0.5, 0.6) is 0 Å². The standard InChI is InChI=1S/C20H30O/c1-2-3-4-5-6-7-8-16-20(21)19-15-10-9-14-18(19)17-12-11-13-17/h9-10,14-15,17H,2-8,11-13,16H2,1H3. The van der Waals surface area contributed by atoms with Crippen molar-refractivity contribution in [3.8, 4) is 0 Å². The van der Waals surface area contributed by atoms with Gasteiger partial charge in [0.05, 0.1) is 0 Å². The van der Waals surface area contributed by atoms with Gasteiger partial charge in [-0.25, -0.2) is 0 Å². The lowest BCUT2D eigenvalue weighted by Crippen LogP contribution is -2.13. The van der Waals surface area contributed by atoms with E-state index in [1.54, 1.807) is 0 Å². The Bertz CT molecular complexity index is 431. The molecule has 116 valence electrons. The van der Waals surface area contributed by atoms with Crippen LogP contribution in [0.1, 0.15) is 99.4 Å². The van der Waals surface area contributed by atoms with Crippen LogP contribution in [0.3, 0.4) is 0 Å². The van der Waals surface area contributed by atoms with Crippen LogP contribution in [0.2, 0.25) is 0 Å². The summed E-state index contributed by atoms with van der Waals surface area (Å²) in [6.45, 7) is 2.25. The molecule has 2 rings (SSSR count). The average molecular weight is 286 g/mol. The van der Waals surface area contributed by atoms with Crippen LogP contribution in [0.4, 0.5) is 0 Å². The molecular formula is C20H30O. The van der Waals surface area contributed by atoms with Crippen LogP contribution >= 0.6 is 0 Å². The van der Waals surface area contributed by atoms with E-state index in [9.17, 15) is 4.79 Å². The summed E-state index contributed by atoms with van der Waals surface area (Å²) in [4.78, 5) is 12.4. The summed E-state index contributed by atoms with van der Waals surface area (Å²) >= 11 is 0. The molecule has 1 aliphatic rings. The van der Waals surface area contributed by atoms with Crippen molar-refractivity contribution in [2.24, 2.45) is 0 Å². The van der Waals surface area contributed by atoms with Gasteiger partial charge in [0.25, 0.3) is 0 Å². The quantitative estimate of drug-likeness (QED) is 0.365. The van der Waals surface area contributed by atoms with Crippen molar-refractivity contribution in [2.75, 3.05) is 0 Å². The lowest BCUT2D eigenvalue weighted by molar-refractivity contribution is 0.0977. The number of hydrogen-bond acceptors (Lipinski definition) is 1. The molecule has 0 bridgehead atoms. The second kappa shape index (κ2) is 9.02. The van der Waals surface area contributed by atoms with Crippen molar-refractivity contribution in [2.45, 2.75) is 83.5 Å². The predicted molar refractivity (Wildman–Crippen MR) is 90.0 cm³/mol. The fraction of sp³-hybridized carbons (Fsp3) is 0.650. The largest absolute Gasteiger partial charge is 0.294 e. The van der Waals surface area contributed by atoms with Crippen LogP contribution in [0, 0.1) is 0 Å². The zero-order chi connectivity index (χ0) is 14.9. The van der Waals surface area contributed by atoms with Gasteiger partial charge in [-0.15, -0.1) is 0 Å². The number of rotatable bonds is 10. The first-order chi connectivity index (χ1) is 10.3. The van der Waals surface area contributed by atoms with Gasteiger partial charge in [-0.1, -0.05) is 76.1 Å². The van der Waals surface area contributed by atoms with Crippen LogP contribution in [-0.2, 0) is 0 Å². The monoisotopic (exact) mass is 286 g/mol. The highest BCUT2D eigenvalue weighted by Gasteiger charge is 2.23. The van der Waals surface area contributed by atoms with Crippen molar-refractivity contribution in [1.82, 2.24) is 0 Å². The van der Waals surface area contributed by atoms with E-state index in [1.807, 2.05) is 12.1 Å². The number of unbranched alkanes of at least 4 members (excludes halogenated alkanes) is 6. The molecule has 0 N–H and O–H groups in total. The average Bonchev–Trinajstić information content (AvgIpc) is 2.45. The minimum atomic E-state index is 0.367. The van der Waals surface area contributed by atoms with Crippen molar-refractivity contribution < 1.29 is 4.79 Å². The highest BCUT2D eigenvalue weighted by atomic mass is 16.1. The van der Waals surface area contributed by atoms with Crippen molar-refractivity contribution in [3.63, 3.8) is 0 Å². The molecule has 0 aromatic heterocycles. The van der Waals surface area contributed by atoms with Gasteiger partial charge in [-0.3, -0.25) is 4.79 Å². The molecule has 1 saturated carbocycles. The Hall–Kier alpha value is -1.11. The molecule has 1 nitrogen and oxygen atoms in total. The van der Waals surface area contributed by atoms with E-state index < -0.39 is 0 Å². The predicted octanol–water partition coefficient (Wildman–Crippen LogP) is 6.28. The van der Waals surface area contributed by atoms with E-state index in [0.29, 0.717) is 11.7 Å². The minimum Gasteiger partial charge on any atom is -0.294 e. The molecule has 1 heteroatoms. The lowest BCUT2D eigenvalue weighted by Gasteiger charge is -2.27. The highest BCUT2D eigenvalue weighted by molar-refractivity contribution is 5.97. The summed E-state index contributed by atoms with van der Waals surface area (Å²) in [5.41, 5.74) is 2.32. The van der Waals surface area contributed by atoms with Crippen molar-refractivity contribution >= 4 is 5.78 Å². The second-order valence-electron chi connectivity index (χ2n) is 6.51. The number of benzene rings is 1. The smallest absolute Gasteiger partial charge is 0.163 e. The van der Waals surface area contributed by atoms with Gasteiger partial charge in [0, 0.05) is 12.0 Å². The fourth-order valence-corrected chi connectivity index (χ4v) is 3.20. The Balaban J connectivity index is 1.73. The van der Waals surface area contributed by atoms with Crippen LogP contribution < -0.4 is 0 Å². The molecule has 1 aromatic carbocycles. The van der Waals surface area contributed by atoms with Crippen LogP contribution in [-0.4, -0.2) is 5.78 Å². The molecule has 1 aliphatic carbocycles. The molecule has 0 aliphatic heterocycles. The molecule has 0 amide bonds. The SMILES string of the molecule is CCCCCCCCCC(=O)c1ccccc1C1CCC1. The number of Topliss-reactive ketones (excluding diaryl/α,β-unsaturated/α-hetero) is 1. The van der Waals surface area contributed by atoms with Crippen LogP contribution in [0.25, 0.3) is 0 Å². The van der Waals surface area contributed by atoms with Gasteiger partial charge in [-0.2, -0.15) is 0 Å². The summed E-state index contributed by atoms with van der Waals surface area (Å²) in [6, 6.07) is 8.30. The maximum atomic E-state index is 12.4. The molecule has 0 unspecified atom stereocenters. The fourth-order valence-electron chi connectivity index (χ4n) is 3.20. The topological polar surface area (TPSA) is 17.1 Å². The second-order valence-corrected chi connectivity index (χ2v) is 6.51. The van der Waals surface area contributed by atoms with E-state index in [1.165, 1.54) is 63.4 Å². The molecule has 0 heterocycles. The van der Waals surface area contributed by atoms with Gasteiger partial charge in [-0.05, 0) is 30.7 Å². The zero-order valence-electron chi connectivity index (χ0n) is 13.6. The van der Waals surface area contributed by atoms with Crippen molar-refractivity contribution in [3.05, 3.63) is 35.4 Å². The van der Waals surface area contributed by atoms with E-state index in [0.717, 1.165) is 18.4 Å². The van der Waals surface area contributed by atoms with Gasteiger partial charge >= 0.3 is 0 Å². The third kappa shape index (κ3) is 4.98. The molecular weight excluding hydrogens is 256 g/mol. The normalized spacial score (nSPS) is 14.9. The van der Waals surface area contributed by atoms with Gasteiger partial charge in [0.2, 0.25) is 0 Å². The molecule has 21 heavy (non-hydrogen) atoms. The molecule has 0 spiro atoms. The number of carbonyl (C=O) groups excluding carboxylic acids is 1. The summed E-state index contributed by atoms with van der Waals surface area (Å²) in [6.07, 6.45) is 13.5. The van der Waals surface area contributed by atoms with Crippen molar-refractivity contribution in [1.29, 1.82) is 0 Å². The third-order valence-electron chi connectivity index (χ3n) is 4.81. The maximum absolute atomic E-state index is 12.4. The lowest BCUT2D eigenvalue weighted by atomic mass is 9.77. The Morgan fingerprint density at radius 2 is 1.67 bits per heavy atom. The zero-order valence-corrected chi connectivity index (χ0v) is 13.6. The Labute approximate surface area is 130 Å². The van der Waals surface area contributed by atoms with E-state index >= 15 is 0 Å². The number of hydrogen-bond donors (Lipinski definition) is 0. The summed E-state index contributed by atoms with van der Waals surface area (Å²) in [7, 11) is 0. The van der Waals surface area contributed by atoms with Gasteiger partial charge in [0.1, 0.15) is 0 Å². The summed E-state index contributed by atoms with van der Waals surface area (Å²) < 4.78 is 0. The first-order valence-corrected chi connectivity index (χ1v) is 8.95. The molecule has 0 saturated heterocycles. The van der Waals surface area contributed by atoms with Gasteiger partial charge < -0.3 is 0 Å².